The Balaban J connectivity index is 2.26. The molecule has 118 valence electrons. The smallest absolute Gasteiger partial charge is 0.203 e. The van der Waals surface area contributed by atoms with E-state index >= 15 is 0 Å². The van der Waals surface area contributed by atoms with Gasteiger partial charge in [0.2, 0.25) is 5.75 Å². The first-order valence-electron chi connectivity index (χ1n) is 6.88. The Labute approximate surface area is 139 Å². The summed E-state index contributed by atoms with van der Waals surface area (Å²) in [6, 6.07) is 10.0. The molecule has 0 radical (unpaired) electrons. The van der Waals surface area contributed by atoms with Crippen molar-refractivity contribution in [1.29, 1.82) is 0 Å². The highest BCUT2D eigenvalue weighted by atomic mass is 79.9. The third-order valence-electron chi connectivity index (χ3n) is 3.38. The lowest BCUT2D eigenvalue weighted by molar-refractivity contribution is 0.322. The van der Waals surface area contributed by atoms with Crippen LogP contribution in [-0.2, 0) is 6.54 Å². The second-order valence-corrected chi connectivity index (χ2v) is 5.68. The van der Waals surface area contributed by atoms with Gasteiger partial charge in [0.05, 0.1) is 21.3 Å². The molecule has 2 aromatic carbocycles. The number of methoxy groups -OCH3 is 3. The van der Waals surface area contributed by atoms with E-state index in [0.717, 1.165) is 15.7 Å². The zero-order valence-electron chi connectivity index (χ0n) is 13.2. The summed E-state index contributed by atoms with van der Waals surface area (Å²) in [4.78, 5) is 0. The van der Waals surface area contributed by atoms with E-state index in [4.69, 9.17) is 14.2 Å². The molecule has 0 saturated heterocycles. The lowest BCUT2D eigenvalue weighted by Crippen LogP contribution is -2.04. The standard InChI is InChI=1S/C17H20BrNO3/c1-11-5-7-14(13(18)9-11)19-10-12-6-8-15(20-2)17(22-4)16(12)21-3/h5-9,19H,10H2,1-4H3. The summed E-state index contributed by atoms with van der Waals surface area (Å²) >= 11 is 3.57. The van der Waals surface area contributed by atoms with Crippen LogP contribution in [0.2, 0.25) is 0 Å². The SMILES string of the molecule is COc1ccc(CNc2ccc(C)cc2Br)c(OC)c1OC. The molecule has 0 heterocycles. The second-order valence-electron chi connectivity index (χ2n) is 4.83. The van der Waals surface area contributed by atoms with Crippen molar-refractivity contribution in [3.63, 3.8) is 0 Å². The zero-order chi connectivity index (χ0) is 16.1. The minimum absolute atomic E-state index is 0.604. The molecule has 0 unspecified atom stereocenters. The molecular formula is C17H20BrNO3. The van der Waals surface area contributed by atoms with Gasteiger partial charge in [0.1, 0.15) is 0 Å². The molecule has 0 aliphatic carbocycles. The van der Waals surface area contributed by atoms with Crippen molar-refractivity contribution in [2.45, 2.75) is 13.5 Å². The molecule has 22 heavy (non-hydrogen) atoms. The zero-order valence-corrected chi connectivity index (χ0v) is 14.8. The number of rotatable bonds is 6. The first-order chi connectivity index (χ1) is 10.6. The van der Waals surface area contributed by atoms with Crippen LogP contribution in [0.5, 0.6) is 17.2 Å². The summed E-state index contributed by atoms with van der Waals surface area (Å²) in [6.07, 6.45) is 0. The van der Waals surface area contributed by atoms with Gasteiger partial charge in [0.25, 0.3) is 0 Å². The van der Waals surface area contributed by atoms with Crippen LogP contribution in [0.4, 0.5) is 5.69 Å². The highest BCUT2D eigenvalue weighted by Crippen LogP contribution is 2.40. The Morgan fingerprint density at radius 1 is 0.955 bits per heavy atom. The normalized spacial score (nSPS) is 10.2. The first kappa shape index (κ1) is 16.5. The lowest BCUT2D eigenvalue weighted by Gasteiger charge is -2.17. The molecule has 4 nitrogen and oxygen atoms in total. The molecule has 0 fully saturated rings. The maximum Gasteiger partial charge on any atom is 0.203 e. The van der Waals surface area contributed by atoms with Crippen molar-refractivity contribution in [1.82, 2.24) is 0 Å². The lowest BCUT2D eigenvalue weighted by atomic mass is 10.1. The molecular weight excluding hydrogens is 346 g/mol. The molecule has 0 atom stereocenters. The van der Waals surface area contributed by atoms with E-state index in [0.29, 0.717) is 23.8 Å². The van der Waals surface area contributed by atoms with Crippen LogP contribution in [-0.4, -0.2) is 21.3 Å². The monoisotopic (exact) mass is 365 g/mol. The van der Waals surface area contributed by atoms with Gasteiger partial charge in [-0.3, -0.25) is 0 Å². The summed E-state index contributed by atoms with van der Waals surface area (Å²) in [5, 5.41) is 3.40. The van der Waals surface area contributed by atoms with Crippen LogP contribution < -0.4 is 19.5 Å². The van der Waals surface area contributed by atoms with E-state index in [1.54, 1.807) is 21.3 Å². The molecule has 0 bridgehead atoms. The number of benzene rings is 2. The summed E-state index contributed by atoms with van der Waals surface area (Å²) in [5.41, 5.74) is 3.23. The molecule has 1 N–H and O–H groups in total. The Kier molecular flexibility index (Phi) is 5.55. The highest BCUT2D eigenvalue weighted by molar-refractivity contribution is 9.10. The predicted octanol–water partition coefficient (Wildman–Crippen LogP) is 4.40. The number of nitrogens with one attached hydrogen (secondary N) is 1. The number of halogens is 1. The minimum Gasteiger partial charge on any atom is -0.493 e. The minimum atomic E-state index is 0.604. The number of hydrogen-bond acceptors (Lipinski definition) is 4. The topological polar surface area (TPSA) is 39.7 Å². The maximum absolute atomic E-state index is 5.49. The van der Waals surface area contributed by atoms with E-state index < -0.39 is 0 Å². The van der Waals surface area contributed by atoms with E-state index in [2.05, 4.69) is 40.3 Å². The van der Waals surface area contributed by atoms with Crippen molar-refractivity contribution >= 4 is 21.6 Å². The second kappa shape index (κ2) is 7.40. The molecule has 2 rings (SSSR count). The van der Waals surface area contributed by atoms with E-state index in [1.165, 1.54) is 5.56 Å². The van der Waals surface area contributed by atoms with Crippen molar-refractivity contribution in [2.24, 2.45) is 0 Å². The molecule has 2 aromatic rings. The van der Waals surface area contributed by atoms with Crippen LogP contribution >= 0.6 is 15.9 Å². The maximum atomic E-state index is 5.49. The number of hydrogen-bond donors (Lipinski definition) is 1. The fraction of sp³-hybridized carbons (Fsp3) is 0.294. The van der Waals surface area contributed by atoms with Gasteiger partial charge in [0.15, 0.2) is 11.5 Å². The Bertz CT molecular complexity index is 659. The van der Waals surface area contributed by atoms with Crippen molar-refractivity contribution < 1.29 is 14.2 Å². The van der Waals surface area contributed by atoms with Crippen LogP contribution in [0, 0.1) is 6.92 Å². The average molecular weight is 366 g/mol. The van der Waals surface area contributed by atoms with Crippen molar-refractivity contribution in [3.05, 3.63) is 45.9 Å². The number of anilines is 1. The fourth-order valence-electron chi connectivity index (χ4n) is 2.26. The molecule has 0 spiro atoms. The number of aryl methyl sites for hydroxylation is 1. The summed E-state index contributed by atoms with van der Waals surface area (Å²) in [5.74, 6) is 1.93. The van der Waals surface area contributed by atoms with Gasteiger partial charge in [-0.2, -0.15) is 0 Å². The summed E-state index contributed by atoms with van der Waals surface area (Å²) < 4.78 is 17.2. The Hall–Kier alpha value is -1.88. The summed E-state index contributed by atoms with van der Waals surface area (Å²) in [6.45, 7) is 2.68. The van der Waals surface area contributed by atoms with E-state index in [1.807, 2.05) is 18.2 Å². The Morgan fingerprint density at radius 3 is 2.27 bits per heavy atom. The van der Waals surface area contributed by atoms with Gasteiger partial charge in [-0.1, -0.05) is 6.07 Å². The van der Waals surface area contributed by atoms with Crippen LogP contribution in [0.1, 0.15) is 11.1 Å². The Morgan fingerprint density at radius 2 is 1.68 bits per heavy atom. The molecule has 0 amide bonds. The predicted molar refractivity (Wildman–Crippen MR) is 92.3 cm³/mol. The summed E-state index contributed by atoms with van der Waals surface area (Å²) in [7, 11) is 4.84. The van der Waals surface area contributed by atoms with Gasteiger partial charge >= 0.3 is 0 Å². The van der Waals surface area contributed by atoms with Gasteiger partial charge in [-0.15, -0.1) is 0 Å². The number of ether oxygens (including phenoxy) is 3. The van der Waals surface area contributed by atoms with Gasteiger partial charge in [-0.05, 0) is 52.7 Å². The van der Waals surface area contributed by atoms with Crippen LogP contribution in [0.3, 0.4) is 0 Å². The third kappa shape index (κ3) is 3.47. The fourth-order valence-corrected chi connectivity index (χ4v) is 2.89. The molecule has 0 saturated carbocycles. The molecule has 5 heteroatoms. The average Bonchev–Trinajstić information content (AvgIpc) is 2.52. The van der Waals surface area contributed by atoms with E-state index in [-0.39, 0.29) is 0 Å². The quantitative estimate of drug-likeness (QED) is 0.823. The largest absolute Gasteiger partial charge is 0.493 e. The van der Waals surface area contributed by atoms with Crippen molar-refractivity contribution in [3.8, 4) is 17.2 Å². The van der Waals surface area contributed by atoms with Gasteiger partial charge in [0, 0.05) is 22.3 Å². The molecule has 0 aromatic heterocycles. The van der Waals surface area contributed by atoms with Crippen LogP contribution in [0.25, 0.3) is 0 Å². The highest BCUT2D eigenvalue weighted by Gasteiger charge is 2.15. The van der Waals surface area contributed by atoms with Gasteiger partial charge in [-0.25, -0.2) is 0 Å². The molecule has 0 aliphatic rings. The molecule has 0 aliphatic heterocycles. The van der Waals surface area contributed by atoms with Crippen molar-refractivity contribution in [2.75, 3.05) is 26.6 Å². The first-order valence-corrected chi connectivity index (χ1v) is 7.67. The van der Waals surface area contributed by atoms with Gasteiger partial charge < -0.3 is 19.5 Å². The van der Waals surface area contributed by atoms with E-state index in [9.17, 15) is 0 Å². The third-order valence-corrected chi connectivity index (χ3v) is 4.04. The van der Waals surface area contributed by atoms with Crippen LogP contribution in [0.15, 0.2) is 34.8 Å².